The van der Waals surface area contributed by atoms with Gasteiger partial charge in [0.2, 0.25) is 0 Å². The van der Waals surface area contributed by atoms with E-state index in [9.17, 15) is 14.4 Å². The van der Waals surface area contributed by atoms with Crippen LogP contribution in [0, 0.1) is 0 Å². The first kappa shape index (κ1) is 71.8. The van der Waals surface area contributed by atoms with E-state index in [0.717, 1.165) is 167 Å². The Morgan fingerprint density at radius 2 is 0.506 bits per heavy atom. The van der Waals surface area contributed by atoms with Gasteiger partial charge in [-0.15, -0.1) is 0 Å². The van der Waals surface area contributed by atoms with Gasteiger partial charge in [0.1, 0.15) is 13.2 Å². The molecular formula is C71H110O6. The Bertz CT molecular complexity index is 1790. The third kappa shape index (κ3) is 61.5. The minimum Gasteiger partial charge on any atom is -0.462 e. The third-order valence-corrected chi connectivity index (χ3v) is 12.2. The highest BCUT2D eigenvalue weighted by molar-refractivity contribution is 5.71. The number of ether oxygens (including phenoxy) is 3. The highest BCUT2D eigenvalue weighted by atomic mass is 16.6. The first-order chi connectivity index (χ1) is 38.0. The second-order valence-electron chi connectivity index (χ2n) is 19.5. The maximum atomic E-state index is 12.8. The molecule has 0 heterocycles. The summed E-state index contributed by atoms with van der Waals surface area (Å²) in [6.07, 6.45) is 93.9. The average Bonchev–Trinajstić information content (AvgIpc) is 3.43. The molecule has 0 rings (SSSR count). The second kappa shape index (κ2) is 63.3. The topological polar surface area (TPSA) is 78.9 Å². The van der Waals surface area contributed by atoms with Crippen molar-refractivity contribution in [1.82, 2.24) is 0 Å². The first-order valence-corrected chi connectivity index (χ1v) is 30.6. The molecule has 0 aliphatic rings. The number of hydrogen-bond acceptors (Lipinski definition) is 6. The van der Waals surface area contributed by atoms with Crippen LogP contribution in [0.2, 0.25) is 0 Å². The van der Waals surface area contributed by atoms with E-state index in [4.69, 9.17) is 14.2 Å². The number of carbonyl (C=O) groups is 3. The first-order valence-electron chi connectivity index (χ1n) is 30.6. The van der Waals surface area contributed by atoms with Crippen LogP contribution in [0.15, 0.2) is 170 Å². The van der Waals surface area contributed by atoms with Crippen LogP contribution in [0.1, 0.15) is 239 Å². The molecule has 0 fully saturated rings. The van der Waals surface area contributed by atoms with Crippen molar-refractivity contribution in [2.24, 2.45) is 0 Å². The summed E-state index contributed by atoms with van der Waals surface area (Å²) in [4.78, 5) is 37.9. The van der Waals surface area contributed by atoms with Crippen LogP contribution < -0.4 is 0 Å². The summed E-state index contributed by atoms with van der Waals surface area (Å²) in [7, 11) is 0. The predicted octanol–water partition coefficient (Wildman–Crippen LogP) is 21.1. The standard InChI is InChI=1S/C71H110O6/c1-4-7-10-13-15-17-19-21-23-25-27-29-31-33-34-35-36-38-39-41-43-45-47-49-51-53-55-58-61-64-70(73)76-67-68(66-75-69(72)63-60-57-12-9-6-3)77-71(74)65-62-59-56-54-52-50-48-46-44-42-40-37-32-30-28-26-24-22-20-18-16-14-11-8-5-2/h7-8,10-11,15-18,21-24,27-30,33-34,36-38,40-41,43-44,46,50,52,68H,4-6,9,12-14,19-20,25-26,31-32,35,39,42,45,47-49,51,53-67H2,1-3H3/b10-7-,11-8-,17-15-,18-16-,23-21-,24-22-,29-27-,30-28-,34-33-,38-36-,40-37-,43-41-,46-44-,52-50-. The zero-order chi connectivity index (χ0) is 55.7. The molecule has 0 spiro atoms. The molecule has 0 amide bonds. The quantitative estimate of drug-likeness (QED) is 0.0261. The van der Waals surface area contributed by atoms with Crippen molar-refractivity contribution in [3.8, 4) is 0 Å². The van der Waals surface area contributed by atoms with Crippen LogP contribution in [0.5, 0.6) is 0 Å². The second-order valence-corrected chi connectivity index (χ2v) is 19.5. The zero-order valence-corrected chi connectivity index (χ0v) is 49.1. The Morgan fingerprint density at radius 1 is 0.273 bits per heavy atom. The molecular weight excluding hydrogens is 949 g/mol. The molecule has 0 aliphatic carbocycles. The van der Waals surface area contributed by atoms with Crippen molar-refractivity contribution in [2.45, 2.75) is 245 Å². The van der Waals surface area contributed by atoms with E-state index in [-0.39, 0.29) is 37.5 Å². The van der Waals surface area contributed by atoms with Crippen molar-refractivity contribution >= 4 is 17.9 Å². The van der Waals surface area contributed by atoms with Crippen LogP contribution in [-0.2, 0) is 28.6 Å². The average molecular weight is 1060 g/mol. The molecule has 77 heavy (non-hydrogen) atoms. The molecule has 0 aliphatic heterocycles. The summed E-state index contributed by atoms with van der Waals surface area (Å²) >= 11 is 0. The summed E-state index contributed by atoms with van der Waals surface area (Å²) < 4.78 is 16.7. The molecule has 1 unspecified atom stereocenters. The summed E-state index contributed by atoms with van der Waals surface area (Å²) in [5, 5.41) is 0. The number of rotatable bonds is 53. The number of esters is 3. The van der Waals surface area contributed by atoms with Crippen molar-refractivity contribution in [1.29, 1.82) is 0 Å². The van der Waals surface area contributed by atoms with Gasteiger partial charge in [0, 0.05) is 19.3 Å². The molecule has 0 saturated heterocycles. The van der Waals surface area contributed by atoms with Gasteiger partial charge in [-0.05, 0) is 135 Å². The van der Waals surface area contributed by atoms with Crippen LogP contribution in [0.4, 0.5) is 0 Å². The van der Waals surface area contributed by atoms with Crippen molar-refractivity contribution in [3.63, 3.8) is 0 Å². The van der Waals surface area contributed by atoms with Gasteiger partial charge in [0.25, 0.3) is 0 Å². The smallest absolute Gasteiger partial charge is 0.306 e. The van der Waals surface area contributed by atoms with Crippen molar-refractivity contribution in [3.05, 3.63) is 170 Å². The fourth-order valence-corrected chi connectivity index (χ4v) is 7.69. The van der Waals surface area contributed by atoms with Gasteiger partial charge >= 0.3 is 17.9 Å². The summed E-state index contributed by atoms with van der Waals surface area (Å²) in [5.74, 6) is -0.971. The van der Waals surface area contributed by atoms with Gasteiger partial charge in [-0.1, -0.05) is 255 Å². The minimum absolute atomic E-state index is 0.104. The zero-order valence-electron chi connectivity index (χ0n) is 49.1. The monoisotopic (exact) mass is 1060 g/mol. The normalized spacial score (nSPS) is 13.3. The van der Waals surface area contributed by atoms with E-state index in [2.05, 4.69) is 191 Å². The molecule has 6 nitrogen and oxygen atoms in total. The molecule has 0 aromatic carbocycles. The molecule has 430 valence electrons. The summed E-state index contributed by atoms with van der Waals surface area (Å²) in [5.41, 5.74) is 0. The fraction of sp³-hybridized carbons (Fsp3) is 0.563. The van der Waals surface area contributed by atoms with Gasteiger partial charge in [0.05, 0.1) is 0 Å². The summed E-state index contributed by atoms with van der Waals surface area (Å²) in [6.45, 7) is 6.27. The van der Waals surface area contributed by atoms with Gasteiger partial charge < -0.3 is 14.2 Å². The van der Waals surface area contributed by atoms with Gasteiger partial charge in [-0.25, -0.2) is 0 Å². The van der Waals surface area contributed by atoms with Crippen LogP contribution in [-0.4, -0.2) is 37.2 Å². The number of allylic oxidation sites excluding steroid dienone is 28. The van der Waals surface area contributed by atoms with Crippen LogP contribution in [0.25, 0.3) is 0 Å². The van der Waals surface area contributed by atoms with Gasteiger partial charge in [-0.3, -0.25) is 14.4 Å². The van der Waals surface area contributed by atoms with E-state index in [0.29, 0.717) is 19.3 Å². The Kier molecular flexibility index (Phi) is 59.0. The lowest BCUT2D eigenvalue weighted by molar-refractivity contribution is -0.167. The highest BCUT2D eigenvalue weighted by Gasteiger charge is 2.19. The fourth-order valence-electron chi connectivity index (χ4n) is 7.69. The maximum Gasteiger partial charge on any atom is 0.306 e. The third-order valence-electron chi connectivity index (χ3n) is 12.2. The van der Waals surface area contributed by atoms with Gasteiger partial charge in [0.15, 0.2) is 6.10 Å². The lowest BCUT2D eigenvalue weighted by atomic mass is 10.1. The SMILES string of the molecule is CC/C=C\C/C=C\C/C=C\C/C=C\C/C=C\C/C=C\C/C=C\CCCCCCCCCC(=O)OCC(COC(=O)CCCCCCC)OC(=O)CCCCC/C=C\C/C=C\C/C=C\C/C=C\C/C=C\C/C=C\C/C=C\CC. The van der Waals surface area contributed by atoms with E-state index in [1.54, 1.807) is 0 Å². The molecule has 0 saturated carbocycles. The van der Waals surface area contributed by atoms with E-state index >= 15 is 0 Å². The van der Waals surface area contributed by atoms with Crippen molar-refractivity contribution in [2.75, 3.05) is 13.2 Å². The molecule has 6 heteroatoms. The van der Waals surface area contributed by atoms with Gasteiger partial charge in [-0.2, -0.15) is 0 Å². The van der Waals surface area contributed by atoms with E-state index in [1.165, 1.54) is 25.7 Å². The predicted molar refractivity (Wildman–Crippen MR) is 334 cm³/mol. The number of carbonyl (C=O) groups excluding carboxylic acids is 3. The molecule has 0 radical (unpaired) electrons. The molecule has 0 bridgehead atoms. The van der Waals surface area contributed by atoms with Crippen LogP contribution >= 0.6 is 0 Å². The lowest BCUT2D eigenvalue weighted by Crippen LogP contribution is -2.30. The minimum atomic E-state index is -0.807. The lowest BCUT2D eigenvalue weighted by Gasteiger charge is -2.18. The largest absolute Gasteiger partial charge is 0.462 e. The molecule has 0 aromatic rings. The summed E-state index contributed by atoms with van der Waals surface area (Å²) in [6, 6.07) is 0. The Morgan fingerprint density at radius 3 is 0.805 bits per heavy atom. The Balaban J connectivity index is 4.22. The number of hydrogen-bond donors (Lipinski definition) is 0. The van der Waals surface area contributed by atoms with Crippen molar-refractivity contribution < 1.29 is 28.6 Å². The highest BCUT2D eigenvalue weighted by Crippen LogP contribution is 2.13. The molecule has 0 aromatic heterocycles. The molecule has 0 N–H and O–H groups in total. The maximum absolute atomic E-state index is 12.8. The Hall–Kier alpha value is -5.23. The number of unbranched alkanes of at least 4 members (excludes halogenated alkanes) is 14. The van der Waals surface area contributed by atoms with E-state index in [1.807, 2.05) is 0 Å². The molecule has 1 atom stereocenters. The Labute approximate surface area is 472 Å². The van der Waals surface area contributed by atoms with E-state index < -0.39 is 6.10 Å². The van der Waals surface area contributed by atoms with Crippen LogP contribution in [0.3, 0.4) is 0 Å².